The molecule has 2 rings (SSSR count). The van der Waals surface area contributed by atoms with Gasteiger partial charge in [0.2, 0.25) is 5.91 Å². The Morgan fingerprint density at radius 3 is 2.40 bits per heavy atom. The molecule has 30 heavy (non-hydrogen) atoms. The summed E-state index contributed by atoms with van der Waals surface area (Å²) in [5.41, 5.74) is -0.873. The summed E-state index contributed by atoms with van der Waals surface area (Å²) in [7, 11) is 0. The number of halogens is 4. The second-order valence-electron chi connectivity index (χ2n) is 7.33. The smallest absolute Gasteiger partial charge is 0.417 e. The molecule has 0 radical (unpaired) electrons. The lowest BCUT2D eigenvalue weighted by molar-refractivity contribution is -0.138. The third kappa shape index (κ3) is 7.09. The van der Waals surface area contributed by atoms with Crippen LogP contribution in [0, 0.1) is 0 Å². The van der Waals surface area contributed by atoms with Gasteiger partial charge in [-0.15, -0.1) is 0 Å². The minimum Gasteiger partial charge on any atom is -0.491 e. The van der Waals surface area contributed by atoms with Crippen molar-refractivity contribution in [3.8, 4) is 5.75 Å². The van der Waals surface area contributed by atoms with E-state index in [1.807, 2.05) is 38.1 Å². The van der Waals surface area contributed by atoms with E-state index in [1.54, 1.807) is 6.92 Å². The molecule has 0 fully saturated rings. The maximum Gasteiger partial charge on any atom is 0.417 e. The average molecular weight is 445 g/mol. The Bertz CT molecular complexity index is 925. The monoisotopic (exact) mass is 444 g/mol. The molecule has 1 aromatic heterocycles. The third-order valence-corrected chi connectivity index (χ3v) is 4.52. The molecule has 5 nitrogen and oxygen atoms in total. The molecule has 0 aliphatic rings. The summed E-state index contributed by atoms with van der Waals surface area (Å²) in [5.74, 6) is 0.209. The molecule has 1 heterocycles. The van der Waals surface area contributed by atoms with Gasteiger partial charge >= 0.3 is 6.18 Å². The van der Waals surface area contributed by atoms with Crippen molar-refractivity contribution in [1.29, 1.82) is 0 Å². The van der Waals surface area contributed by atoms with Crippen molar-refractivity contribution in [1.82, 2.24) is 9.88 Å². The zero-order valence-electron chi connectivity index (χ0n) is 16.9. The number of carbonyl (C=O) groups excluding carboxylic acids is 1. The molecule has 2 aromatic rings. The second-order valence-corrected chi connectivity index (χ2v) is 7.73. The van der Waals surface area contributed by atoms with E-state index in [0.717, 1.165) is 11.3 Å². The van der Waals surface area contributed by atoms with Crippen LogP contribution in [0.1, 0.15) is 38.3 Å². The van der Waals surface area contributed by atoms with Crippen molar-refractivity contribution in [2.24, 2.45) is 0 Å². The van der Waals surface area contributed by atoms with E-state index in [-0.39, 0.29) is 12.1 Å². The first-order valence-electron chi connectivity index (χ1n) is 9.48. The first-order valence-corrected chi connectivity index (χ1v) is 9.85. The molecule has 0 aliphatic heterocycles. The topological polar surface area (TPSA) is 60.3 Å². The number of benzene rings is 1. The Morgan fingerprint density at radius 2 is 1.83 bits per heavy atom. The summed E-state index contributed by atoms with van der Waals surface area (Å²) < 4.78 is 44.9. The summed E-state index contributed by atoms with van der Waals surface area (Å²) in [6.45, 7) is 5.13. The quantitative estimate of drug-likeness (QED) is 0.654. The molecule has 0 spiro atoms. The molecule has 1 atom stereocenters. The average Bonchev–Trinajstić information content (AvgIpc) is 2.63. The van der Waals surface area contributed by atoms with Crippen LogP contribution in [-0.2, 0) is 23.9 Å². The first kappa shape index (κ1) is 23.8. The summed E-state index contributed by atoms with van der Waals surface area (Å²) >= 11 is 5.60. The van der Waals surface area contributed by atoms with Crippen LogP contribution in [0.15, 0.2) is 41.3 Å². The van der Waals surface area contributed by atoms with E-state index < -0.39 is 34.8 Å². The van der Waals surface area contributed by atoms with E-state index in [1.165, 1.54) is 0 Å². The molecule has 1 aromatic carbocycles. The van der Waals surface area contributed by atoms with Crippen LogP contribution >= 0.6 is 11.6 Å². The van der Waals surface area contributed by atoms with Crippen LogP contribution in [0.5, 0.6) is 5.75 Å². The second kappa shape index (κ2) is 10.0. The molecular weight excluding hydrogens is 421 g/mol. The van der Waals surface area contributed by atoms with Gasteiger partial charge in [0.1, 0.15) is 17.3 Å². The van der Waals surface area contributed by atoms with Gasteiger partial charge in [-0.1, -0.05) is 23.7 Å². The fourth-order valence-electron chi connectivity index (χ4n) is 2.81. The van der Waals surface area contributed by atoms with Gasteiger partial charge < -0.3 is 14.6 Å². The highest BCUT2D eigenvalue weighted by molar-refractivity contribution is 6.30. The fourth-order valence-corrected chi connectivity index (χ4v) is 3.04. The lowest BCUT2D eigenvalue weighted by atomic mass is 10.1. The van der Waals surface area contributed by atoms with Gasteiger partial charge in [0.15, 0.2) is 0 Å². The number of aromatic nitrogens is 1. The van der Waals surface area contributed by atoms with Crippen molar-refractivity contribution < 1.29 is 22.7 Å². The van der Waals surface area contributed by atoms with Crippen molar-refractivity contribution in [3.05, 3.63) is 63.0 Å². The van der Waals surface area contributed by atoms with E-state index >= 15 is 0 Å². The molecule has 1 amide bonds. The number of pyridine rings is 1. The van der Waals surface area contributed by atoms with Crippen molar-refractivity contribution in [3.63, 3.8) is 0 Å². The largest absolute Gasteiger partial charge is 0.491 e. The van der Waals surface area contributed by atoms with Crippen LogP contribution < -0.4 is 15.6 Å². The fraction of sp³-hybridized carbons (Fsp3) is 0.429. The van der Waals surface area contributed by atoms with Gasteiger partial charge in [0, 0.05) is 12.2 Å². The summed E-state index contributed by atoms with van der Waals surface area (Å²) in [6, 6.07) is 7.96. The highest BCUT2D eigenvalue weighted by atomic mass is 35.5. The number of ether oxygens (including phenoxy) is 1. The maximum atomic E-state index is 12.9. The number of nitrogens with zero attached hydrogens (tertiary/aromatic N) is 1. The number of carbonyl (C=O) groups is 1. The number of hydrogen-bond acceptors (Lipinski definition) is 3. The predicted molar refractivity (Wildman–Crippen MR) is 109 cm³/mol. The van der Waals surface area contributed by atoms with Gasteiger partial charge in [-0.25, -0.2) is 0 Å². The van der Waals surface area contributed by atoms with Crippen LogP contribution in [0.2, 0.25) is 5.02 Å². The lowest BCUT2D eigenvalue weighted by Gasteiger charge is -2.16. The number of rotatable bonds is 8. The van der Waals surface area contributed by atoms with Crippen molar-refractivity contribution in [2.75, 3.05) is 0 Å². The molecule has 0 bridgehead atoms. The Labute approximate surface area is 177 Å². The molecule has 0 aliphatic carbocycles. The molecule has 0 saturated heterocycles. The Morgan fingerprint density at radius 1 is 1.20 bits per heavy atom. The standard InChI is InChI=1S/C21H24ClF3N2O3/c1-13(2)30-17-8-6-15(7-9-17)5-4-14(3)26-19(28)12-27-11-16(21(23,24)25)10-18(22)20(27)29/h6-11,13-14H,4-5,12H2,1-3H3,(H,26,28)/t14-/m0/s1. The maximum absolute atomic E-state index is 12.9. The van der Waals surface area contributed by atoms with E-state index in [0.29, 0.717) is 29.7 Å². The molecule has 164 valence electrons. The Balaban J connectivity index is 1.92. The predicted octanol–water partition coefficient (Wildman–Crippen LogP) is 4.45. The number of nitrogens with one attached hydrogen (secondary N) is 1. The van der Waals surface area contributed by atoms with E-state index in [2.05, 4.69) is 5.32 Å². The Kier molecular flexibility index (Phi) is 7.95. The van der Waals surface area contributed by atoms with Crippen LogP contribution in [0.3, 0.4) is 0 Å². The first-order chi connectivity index (χ1) is 14.0. The minimum atomic E-state index is -4.67. The third-order valence-electron chi connectivity index (χ3n) is 4.25. The molecule has 0 saturated carbocycles. The molecular formula is C21H24ClF3N2O3. The molecule has 1 N–H and O–H groups in total. The summed E-state index contributed by atoms with van der Waals surface area (Å²) in [4.78, 5) is 24.1. The number of aryl methyl sites for hydroxylation is 1. The number of hydrogen-bond donors (Lipinski definition) is 1. The SMILES string of the molecule is CC(C)Oc1ccc(CC[C@H](C)NC(=O)Cn2cc(C(F)(F)F)cc(Cl)c2=O)cc1. The number of alkyl halides is 3. The van der Waals surface area contributed by atoms with Crippen LogP contribution in [-0.4, -0.2) is 22.6 Å². The normalized spacial score (nSPS) is 12.7. The molecule has 0 unspecified atom stereocenters. The highest BCUT2D eigenvalue weighted by Gasteiger charge is 2.32. The number of amides is 1. The zero-order chi connectivity index (χ0) is 22.5. The van der Waals surface area contributed by atoms with Crippen LogP contribution in [0.25, 0.3) is 0 Å². The zero-order valence-corrected chi connectivity index (χ0v) is 17.7. The van der Waals surface area contributed by atoms with Gasteiger partial charge in [-0.2, -0.15) is 13.2 Å². The van der Waals surface area contributed by atoms with Gasteiger partial charge in [-0.3, -0.25) is 9.59 Å². The molecule has 9 heteroatoms. The highest BCUT2D eigenvalue weighted by Crippen LogP contribution is 2.29. The Hall–Kier alpha value is -2.48. The lowest BCUT2D eigenvalue weighted by Crippen LogP contribution is -2.38. The van der Waals surface area contributed by atoms with Crippen molar-refractivity contribution >= 4 is 17.5 Å². The minimum absolute atomic E-state index is 0.0882. The van der Waals surface area contributed by atoms with Crippen LogP contribution in [0.4, 0.5) is 13.2 Å². The summed E-state index contributed by atoms with van der Waals surface area (Å²) in [6.07, 6.45) is -2.67. The van der Waals surface area contributed by atoms with Gasteiger partial charge in [-0.05, 0) is 57.4 Å². The van der Waals surface area contributed by atoms with E-state index in [4.69, 9.17) is 16.3 Å². The van der Waals surface area contributed by atoms with Gasteiger partial charge in [0.25, 0.3) is 5.56 Å². The van der Waals surface area contributed by atoms with Gasteiger partial charge in [0.05, 0.1) is 11.7 Å². The summed E-state index contributed by atoms with van der Waals surface area (Å²) in [5, 5.41) is 2.11. The van der Waals surface area contributed by atoms with E-state index in [9.17, 15) is 22.8 Å². The van der Waals surface area contributed by atoms with Crippen molar-refractivity contribution in [2.45, 2.75) is 58.5 Å².